The van der Waals surface area contributed by atoms with E-state index < -0.39 is 18.1 Å². The molecule has 21 heavy (non-hydrogen) atoms. The number of hydrogen-bond acceptors (Lipinski definition) is 4. The van der Waals surface area contributed by atoms with Gasteiger partial charge in [0.05, 0.1) is 25.9 Å². The number of carbonyl (C=O) groups excluding carboxylic acids is 1. The van der Waals surface area contributed by atoms with Gasteiger partial charge in [-0.3, -0.25) is 0 Å². The molecule has 7 nitrogen and oxygen atoms in total. The molecule has 0 bridgehead atoms. The molecule has 1 aliphatic rings. The highest BCUT2D eigenvalue weighted by molar-refractivity contribution is 6.31. The van der Waals surface area contributed by atoms with Crippen LogP contribution in [0.1, 0.15) is 0 Å². The Morgan fingerprint density at radius 3 is 2.95 bits per heavy atom. The van der Waals surface area contributed by atoms with E-state index in [0.717, 1.165) is 0 Å². The van der Waals surface area contributed by atoms with E-state index in [9.17, 15) is 9.59 Å². The first-order chi connectivity index (χ1) is 10.0. The first-order valence-electron chi connectivity index (χ1n) is 6.25. The molecule has 2 rings (SSSR count). The van der Waals surface area contributed by atoms with Crippen molar-refractivity contribution in [2.24, 2.45) is 0 Å². The number of carboxylic acid groups (broad SMARTS) is 1. The maximum atomic E-state index is 12.2. The van der Waals surface area contributed by atoms with Crippen molar-refractivity contribution in [3.05, 3.63) is 23.2 Å². The molecule has 1 saturated heterocycles. The van der Waals surface area contributed by atoms with E-state index in [1.165, 1.54) is 12.0 Å². The smallest absolute Gasteiger partial charge is 0.334 e. The monoisotopic (exact) mass is 314 g/mol. The van der Waals surface area contributed by atoms with Crippen LogP contribution < -0.4 is 10.1 Å². The predicted molar refractivity (Wildman–Crippen MR) is 76.0 cm³/mol. The highest BCUT2D eigenvalue weighted by Gasteiger charge is 2.29. The zero-order valence-corrected chi connectivity index (χ0v) is 12.1. The van der Waals surface area contributed by atoms with Crippen molar-refractivity contribution < 1.29 is 24.2 Å². The molecule has 114 valence electrons. The van der Waals surface area contributed by atoms with Gasteiger partial charge in [0, 0.05) is 11.6 Å². The molecule has 1 fully saturated rings. The lowest BCUT2D eigenvalue weighted by molar-refractivity contribution is -0.154. The normalized spacial score (nSPS) is 18.2. The van der Waals surface area contributed by atoms with E-state index >= 15 is 0 Å². The number of rotatable bonds is 3. The minimum absolute atomic E-state index is 0.00987. The Bertz CT molecular complexity index is 551. The summed E-state index contributed by atoms with van der Waals surface area (Å²) in [6.45, 7) is 0.486. The van der Waals surface area contributed by atoms with Crippen LogP contribution in [0.15, 0.2) is 18.2 Å². The number of nitrogens with one attached hydrogen (secondary N) is 1. The Balaban J connectivity index is 2.07. The minimum Gasteiger partial charge on any atom is -0.495 e. The third-order valence-electron chi connectivity index (χ3n) is 3.03. The van der Waals surface area contributed by atoms with Gasteiger partial charge in [-0.05, 0) is 18.2 Å². The highest BCUT2D eigenvalue weighted by Crippen LogP contribution is 2.28. The summed E-state index contributed by atoms with van der Waals surface area (Å²) in [5, 5.41) is 12.0. The lowest BCUT2D eigenvalue weighted by Crippen LogP contribution is -2.49. The molecule has 1 heterocycles. The first-order valence-corrected chi connectivity index (χ1v) is 6.63. The number of aliphatic carboxylic acids is 1. The molecule has 1 aliphatic heterocycles. The molecule has 2 amide bonds. The topological polar surface area (TPSA) is 88.1 Å². The van der Waals surface area contributed by atoms with E-state index in [2.05, 4.69) is 5.32 Å². The van der Waals surface area contributed by atoms with Gasteiger partial charge in [0.25, 0.3) is 0 Å². The number of anilines is 1. The SMILES string of the molecule is COc1ccc(Cl)cc1NC(=O)N1CCOC(C(=O)O)C1. The van der Waals surface area contributed by atoms with Gasteiger partial charge in [0.1, 0.15) is 5.75 Å². The fraction of sp³-hybridized carbons (Fsp3) is 0.385. The molecule has 0 aliphatic carbocycles. The van der Waals surface area contributed by atoms with E-state index in [0.29, 0.717) is 23.0 Å². The molecule has 1 unspecified atom stereocenters. The molecule has 0 aromatic heterocycles. The average molecular weight is 315 g/mol. The quantitative estimate of drug-likeness (QED) is 0.886. The number of carboxylic acids is 1. The largest absolute Gasteiger partial charge is 0.495 e. The Kier molecular flexibility index (Phi) is 4.87. The van der Waals surface area contributed by atoms with Gasteiger partial charge in [0.15, 0.2) is 6.10 Å². The van der Waals surface area contributed by atoms with Gasteiger partial charge in [-0.25, -0.2) is 9.59 Å². The minimum atomic E-state index is -1.09. The van der Waals surface area contributed by atoms with Gasteiger partial charge in [-0.15, -0.1) is 0 Å². The van der Waals surface area contributed by atoms with Gasteiger partial charge < -0.3 is 24.8 Å². The second-order valence-corrected chi connectivity index (χ2v) is 4.85. The Morgan fingerprint density at radius 1 is 1.52 bits per heavy atom. The second kappa shape index (κ2) is 6.64. The van der Waals surface area contributed by atoms with Crippen molar-refractivity contribution in [2.45, 2.75) is 6.10 Å². The van der Waals surface area contributed by atoms with Crippen LogP contribution in [-0.2, 0) is 9.53 Å². The number of benzene rings is 1. The second-order valence-electron chi connectivity index (χ2n) is 4.42. The van der Waals surface area contributed by atoms with Crippen LogP contribution in [0.2, 0.25) is 5.02 Å². The number of halogens is 1. The van der Waals surface area contributed by atoms with E-state index in [1.54, 1.807) is 18.2 Å². The summed E-state index contributed by atoms with van der Waals surface area (Å²) < 4.78 is 10.2. The van der Waals surface area contributed by atoms with Crippen molar-refractivity contribution in [1.29, 1.82) is 0 Å². The fourth-order valence-electron chi connectivity index (χ4n) is 1.96. The zero-order chi connectivity index (χ0) is 15.4. The molecule has 0 radical (unpaired) electrons. The summed E-state index contributed by atoms with van der Waals surface area (Å²) in [5.74, 6) is -0.622. The number of carbonyl (C=O) groups is 2. The van der Waals surface area contributed by atoms with Crippen molar-refractivity contribution in [3.63, 3.8) is 0 Å². The van der Waals surface area contributed by atoms with Gasteiger partial charge in [0.2, 0.25) is 0 Å². The third-order valence-corrected chi connectivity index (χ3v) is 3.27. The maximum Gasteiger partial charge on any atom is 0.334 e. The van der Waals surface area contributed by atoms with Crippen molar-refractivity contribution in [2.75, 3.05) is 32.1 Å². The van der Waals surface area contributed by atoms with Crippen LogP contribution in [0, 0.1) is 0 Å². The highest BCUT2D eigenvalue weighted by atomic mass is 35.5. The number of nitrogens with zero attached hydrogens (tertiary/aromatic N) is 1. The number of morpholine rings is 1. The van der Waals surface area contributed by atoms with Gasteiger partial charge in [-0.2, -0.15) is 0 Å². The maximum absolute atomic E-state index is 12.2. The Labute approximate surface area is 126 Å². The predicted octanol–water partition coefficient (Wildman–Crippen LogP) is 1.67. The van der Waals surface area contributed by atoms with Crippen LogP contribution in [0.5, 0.6) is 5.75 Å². The van der Waals surface area contributed by atoms with Crippen molar-refractivity contribution in [3.8, 4) is 5.75 Å². The molecular formula is C13H15ClN2O5. The van der Waals surface area contributed by atoms with Crippen molar-refractivity contribution >= 4 is 29.3 Å². The van der Waals surface area contributed by atoms with Crippen LogP contribution in [0.3, 0.4) is 0 Å². The molecular weight excluding hydrogens is 300 g/mol. The molecule has 1 aromatic rings. The molecule has 0 spiro atoms. The summed E-state index contributed by atoms with van der Waals surface area (Å²) in [6, 6.07) is 4.42. The molecule has 1 atom stereocenters. The summed E-state index contributed by atoms with van der Waals surface area (Å²) in [4.78, 5) is 24.5. The van der Waals surface area contributed by atoms with Gasteiger partial charge in [-0.1, -0.05) is 11.6 Å². The van der Waals surface area contributed by atoms with Crippen LogP contribution in [-0.4, -0.2) is 54.9 Å². The number of ether oxygens (including phenoxy) is 2. The van der Waals surface area contributed by atoms with Crippen LogP contribution >= 0.6 is 11.6 Å². The standard InChI is InChI=1S/C13H15ClN2O5/c1-20-10-3-2-8(14)6-9(10)15-13(19)16-4-5-21-11(7-16)12(17)18/h2-3,6,11H,4-5,7H2,1H3,(H,15,19)(H,17,18). The summed E-state index contributed by atoms with van der Waals surface area (Å²) in [5.41, 5.74) is 0.424. The fourth-order valence-corrected chi connectivity index (χ4v) is 2.13. The van der Waals surface area contributed by atoms with E-state index in [4.69, 9.17) is 26.2 Å². The summed E-state index contributed by atoms with van der Waals surface area (Å²) in [6.07, 6.45) is -1.01. The van der Waals surface area contributed by atoms with Crippen LogP contribution in [0.4, 0.5) is 10.5 Å². The Morgan fingerprint density at radius 2 is 2.29 bits per heavy atom. The molecule has 1 aromatic carbocycles. The molecule has 0 saturated carbocycles. The summed E-state index contributed by atoms with van der Waals surface area (Å²) in [7, 11) is 1.48. The number of hydrogen-bond donors (Lipinski definition) is 2. The lowest BCUT2D eigenvalue weighted by Gasteiger charge is -2.31. The number of amides is 2. The van der Waals surface area contributed by atoms with E-state index in [-0.39, 0.29) is 13.2 Å². The third kappa shape index (κ3) is 3.77. The zero-order valence-electron chi connectivity index (χ0n) is 11.3. The Hall–Kier alpha value is -1.99. The average Bonchev–Trinajstić information content (AvgIpc) is 2.47. The van der Waals surface area contributed by atoms with Gasteiger partial charge >= 0.3 is 12.0 Å². The first kappa shape index (κ1) is 15.4. The number of methoxy groups -OCH3 is 1. The molecule has 2 N–H and O–H groups in total. The lowest BCUT2D eigenvalue weighted by atomic mass is 10.2. The number of urea groups is 1. The van der Waals surface area contributed by atoms with Crippen molar-refractivity contribution in [1.82, 2.24) is 4.90 Å². The summed E-state index contributed by atoms with van der Waals surface area (Å²) >= 11 is 5.89. The van der Waals surface area contributed by atoms with Crippen LogP contribution in [0.25, 0.3) is 0 Å². The van der Waals surface area contributed by atoms with E-state index in [1.807, 2.05) is 0 Å². The molecule has 8 heteroatoms.